The Kier molecular flexibility index (Phi) is 3.37. The van der Waals surface area contributed by atoms with Crippen LogP contribution >= 0.6 is 0 Å². The van der Waals surface area contributed by atoms with Crippen molar-refractivity contribution < 1.29 is 14.1 Å². The molecular formula is C16H14N4O3. The smallest absolute Gasteiger partial charge is 0.325 e. The molecule has 1 fully saturated rings. The molecule has 1 atom stereocenters. The van der Waals surface area contributed by atoms with Gasteiger partial charge >= 0.3 is 6.03 Å². The summed E-state index contributed by atoms with van der Waals surface area (Å²) in [4.78, 5) is 26.0. The molecule has 1 saturated heterocycles. The van der Waals surface area contributed by atoms with Gasteiger partial charge in [-0.3, -0.25) is 9.69 Å². The zero-order valence-corrected chi connectivity index (χ0v) is 12.7. The second kappa shape index (κ2) is 5.25. The number of rotatable bonds is 3. The third-order valence-electron chi connectivity index (χ3n) is 3.86. The lowest BCUT2D eigenvalue weighted by atomic mass is 9.91. The number of amides is 3. The van der Waals surface area contributed by atoms with Crippen molar-refractivity contribution in [2.75, 3.05) is 0 Å². The SMILES string of the molecule is Cc1cc(CN2C(=O)N[C@@](C)(c3ccc(C#N)cc3)C2=O)no1. The molecule has 23 heavy (non-hydrogen) atoms. The molecule has 1 aromatic heterocycles. The van der Waals surface area contributed by atoms with E-state index in [1.54, 1.807) is 44.2 Å². The van der Waals surface area contributed by atoms with Gasteiger partial charge in [-0.05, 0) is 31.5 Å². The van der Waals surface area contributed by atoms with Crippen molar-refractivity contribution in [3.8, 4) is 6.07 Å². The fourth-order valence-corrected chi connectivity index (χ4v) is 2.57. The van der Waals surface area contributed by atoms with E-state index in [-0.39, 0.29) is 12.5 Å². The summed E-state index contributed by atoms with van der Waals surface area (Å²) < 4.78 is 4.96. The molecular weight excluding hydrogens is 296 g/mol. The van der Waals surface area contributed by atoms with Crippen LogP contribution < -0.4 is 5.32 Å². The molecule has 0 unspecified atom stereocenters. The van der Waals surface area contributed by atoms with Gasteiger partial charge in [-0.1, -0.05) is 17.3 Å². The molecule has 0 aliphatic carbocycles. The zero-order valence-electron chi connectivity index (χ0n) is 12.7. The summed E-state index contributed by atoms with van der Waals surface area (Å²) in [5.74, 6) is 0.245. The summed E-state index contributed by atoms with van der Waals surface area (Å²) in [7, 11) is 0. The molecule has 0 bridgehead atoms. The summed E-state index contributed by atoms with van der Waals surface area (Å²) in [6, 6.07) is 9.78. The van der Waals surface area contributed by atoms with Crippen molar-refractivity contribution in [2.24, 2.45) is 0 Å². The number of nitrogens with one attached hydrogen (secondary N) is 1. The largest absolute Gasteiger partial charge is 0.361 e. The normalized spacial score (nSPS) is 20.5. The van der Waals surface area contributed by atoms with Gasteiger partial charge in [-0.25, -0.2) is 4.79 Å². The van der Waals surface area contributed by atoms with Gasteiger partial charge in [0.05, 0.1) is 18.2 Å². The molecule has 116 valence electrons. The first-order valence-electron chi connectivity index (χ1n) is 7.01. The fraction of sp³-hybridized carbons (Fsp3) is 0.250. The van der Waals surface area contributed by atoms with Crippen LogP contribution in [0.5, 0.6) is 0 Å². The van der Waals surface area contributed by atoms with Crippen LogP contribution in [0.1, 0.15) is 29.5 Å². The Balaban J connectivity index is 1.88. The highest BCUT2D eigenvalue weighted by molar-refractivity contribution is 6.07. The van der Waals surface area contributed by atoms with E-state index in [0.717, 1.165) is 4.90 Å². The number of aryl methyl sites for hydroxylation is 1. The molecule has 1 N–H and O–H groups in total. The summed E-state index contributed by atoms with van der Waals surface area (Å²) in [6.45, 7) is 3.43. The van der Waals surface area contributed by atoms with Gasteiger partial charge in [0, 0.05) is 6.07 Å². The molecule has 2 heterocycles. The molecule has 7 nitrogen and oxygen atoms in total. The second-order valence-corrected chi connectivity index (χ2v) is 5.56. The van der Waals surface area contributed by atoms with E-state index in [4.69, 9.17) is 9.78 Å². The minimum absolute atomic E-state index is 0.0495. The molecule has 0 saturated carbocycles. The summed E-state index contributed by atoms with van der Waals surface area (Å²) in [6.07, 6.45) is 0. The first kappa shape index (κ1) is 14.8. The van der Waals surface area contributed by atoms with E-state index in [9.17, 15) is 9.59 Å². The molecule has 0 radical (unpaired) electrons. The van der Waals surface area contributed by atoms with Gasteiger partial charge in [0.25, 0.3) is 5.91 Å². The minimum atomic E-state index is -1.16. The second-order valence-electron chi connectivity index (χ2n) is 5.56. The predicted octanol–water partition coefficient (Wildman–Crippen LogP) is 1.82. The van der Waals surface area contributed by atoms with Gasteiger partial charge < -0.3 is 9.84 Å². The highest BCUT2D eigenvalue weighted by atomic mass is 16.5. The van der Waals surface area contributed by atoms with Crippen LogP contribution in [0.3, 0.4) is 0 Å². The lowest BCUT2D eigenvalue weighted by Gasteiger charge is -2.22. The number of nitrogens with zero attached hydrogens (tertiary/aromatic N) is 3. The number of aromatic nitrogens is 1. The predicted molar refractivity (Wildman–Crippen MR) is 78.8 cm³/mol. The number of hydrogen-bond acceptors (Lipinski definition) is 5. The van der Waals surface area contributed by atoms with Crippen molar-refractivity contribution in [3.63, 3.8) is 0 Å². The molecule has 2 aromatic rings. The van der Waals surface area contributed by atoms with Crippen LogP contribution in [-0.4, -0.2) is 22.0 Å². The minimum Gasteiger partial charge on any atom is -0.361 e. The molecule has 1 aliphatic heterocycles. The number of carbonyl (C=O) groups is 2. The van der Waals surface area contributed by atoms with Crippen molar-refractivity contribution in [1.82, 2.24) is 15.4 Å². The highest BCUT2D eigenvalue weighted by Gasteiger charge is 2.49. The Morgan fingerprint density at radius 3 is 2.61 bits per heavy atom. The van der Waals surface area contributed by atoms with Gasteiger partial charge in [-0.15, -0.1) is 0 Å². The van der Waals surface area contributed by atoms with Gasteiger partial charge in [0.2, 0.25) is 0 Å². The summed E-state index contributed by atoms with van der Waals surface area (Å²) in [5, 5.41) is 15.4. The van der Waals surface area contributed by atoms with Crippen LogP contribution in [0.15, 0.2) is 34.9 Å². The number of urea groups is 1. The van der Waals surface area contributed by atoms with Gasteiger partial charge in [0.15, 0.2) is 0 Å². The lowest BCUT2D eigenvalue weighted by Crippen LogP contribution is -2.40. The Labute approximate surface area is 132 Å². The maximum atomic E-state index is 12.7. The number of carbonyl (C=O) groups excluding carboxylic acids is 2. The Hall–Kier alpha value is -3.14. The molecule has 3 amide bonds. The van der Waals surface area contributed by atoms with Gasteiger partial charge in [-0.2, -0.15) is 5.26 Å². The molecule has 0 spiro atoms. The highest BCUT2D eigenvalue weighted by Crippen LogP contribution is 2.29. The van der Waals surface area contributed by atoms with Crippen molar-refractivity contribution in [3.05, 3.63) is 52.9 Å². The zero-order chi connectivity index (χ0) is 16.6. The lowest BCUT2D eigenvalue weighted by molar-refractivity contribution is -0.131. The van der Waals surface area contributed by atoms with E-state index in [1.807, 2.05) is 6.07 Å². The Morgan fingerprint density at radius 2 is 2.04 bits per heavy atom. The maximum Gasteiger partial charge on any atom is 0.325 e. The quantitative estimate of drug-likeness (QED) is 0.872. The van der Waals surface area contributed by atoms with Gasteiger partial charge in [0.1, 0.15) is 17.0 Å². The molecule has 7 heteroatoms. The molecule has 3 rings (SSSR count). The van der Waals surface area contributed by atoms with Crippen LogP contribution in [0, 0.1) is 18.3 Å². The topological polar surface area (TPSA) is 99.2 Å². The number of imide groups is 1. The monoisotopic (exact) mass is 310 g/mol. The molecule has 1 aliphatic rings. The Morgan fingerprint density at radius 1 is 1.35 bits per heavy atom. The average molecular weight is 310 g/mol. The number of benzene rings is 1. The van der Waals surface area contributed by atoms with Crippen molar-refractivity contribution in [2.45, 2.75) is 25.9 Å². The standard InChI is InChI=1S/C16H14N4O3/c1-10-7-13(19-23-10)9-20-14(21)16(2,18-15(20)22)12-5-3-11(8-17)4-6-12/h3-7H,9H2,1-2H3,(H,18,22)/t16-/m0/s1. The average Bonchev–Trinajstić information content (AvgIpc) is 3.05. The van der Waals surface area contributed by atoms with E-state index in [2.05, 4.69) is 10.5 Å². The number of nitriles is 1. The van der Waals surface area contributed by atoms with Crippen LogP contribution in [0.25, 0.3) is 0 Å². The van der Waals surface area contributed by atoms with E-state index in [1.165, 1.54) is 0 Å². The maximum absolute atomic E-state index is 12.7. The van der Waals surface area contributed by atoms with Crippen LogP contribution in [-0.2, 0) is 16.9 Å². The Bertz CT molecular complexity index is 819. The fourth-order valence-electron chi connectivity index (χ4n) is 2.57. The third-order valence-corrected chi connectivity index (χ3v) is 3.86. The first-order chi connectivity index (χ1) is 10.9. The van der Waals surface area contributed by atoms with Crippen molar-refractivity contribution >= 4 is 11.9 Å². The summed E-state index contributed by atoms with van der Waals surface area (Å²) in [5.41, 5.74) is 0.455. The first-order valence-corrected chi connectivity index (χ1v) is 7.01. The molecule has 1 aromatic carbocycles. The third kappa shape index (κ3) is 2.44. The van der Waals surface area contributed by atoms with E-state index >= 15 is 0 Å². The van der Waals surface area contributed by atoms with Crippen LogP contribution in [0.2, 0.25) is 0 Å². The van der Waals surface area contributed by atoms with Crippen LogP contribution in [0.4, 0.5) is 4.79 Å². The van der Waals surface area contributed by atoms with E-state index < -0.39 is 11.6 Å². The van der Waals surface area contributed by atoms with E-state index in [0.29, 0.717) is 22.6 Å². The number of hydrogen-bond donors (Lipinski definition) is 1. The van der Waals surface area contributed by atoms with Crippen molar-refractivity contribution in [1.29, 1.82) is 5.26 Å². The summed E-state index contributed by atoms with van der Waals surface area (Å²) >= 11 is 0.